The fourth-order valence-corrected chi connectivity index (χ4v) is 4.04. The number of hydrogen-bond donors (Lipinski definition) is 1. The second kappa shape index (κ2) is 10.0. The van der Waals surface area contributed by atoms with E-state index < -0.39 is 21.6 Å². The summed E-state index contributed by atoms with van der Waals surface area (Å²) in [5.41, 5.74) is 0.0922. The first-order valence-electron chi connectivity index (χ1n) is 9.92. The third-order valence-electron chi connectivity index (χ3n) is 4.79. The Morgan fingerprint density at radius 2 is 1.84 bits per heavy atom. The Morgan fingerprint density at radius 1 is 1.16 bits per heavy atom. The monoisotopic (exact) mass is 450 g/mol. The van der Waals surface area contributed by atoms with Crippen molar-refractivity contribution >= 4 is 16.0 Å². The van der Waals surface area contributed by atoms with Gasteiger partial charge in [0.25, 0.3) is 5.56 Å². The van der Waals surface area contributed by atoms with Crippen LogP contribution in [0.25, 0.3) is 0 Å². The number of nitrogens with one attached hydrogen (secondary N) is 1. The van der Waals surface area contributed by atoms with E-state index in [-0.39, 0.29) is 37.0 Å². The lowest BCUT2D eigenvalue weighted by atomic mass is 10.2. The van der Waals surface area contributed by atoms with Crippen molar-refractivity contribution in [1.82, 2.24) is 19.2 Å². The van der Waals surface area contributed by atoms with Crippen molar-refractivity contribution in [3.63, 3.8) is 0 Å². The number of hydrogen-bond acceptors (Lipinski definition) is 8. The summed E-state index contributed by atoms with van der Waals surface area (Å²) >= 11 is 0. The maximum Gasteiger partial charge on any atom is 0.361 e. The number of esters is 1. The maximum absolute atomic E-state index is 12.7. The summed E-state index contributed by atoms with van der Waals surface area (Å²) in [5.74, 6) is -0.638. The van der Waals surface area contributed by atoms with Gasteiger partial charge in [0.15, 0.2) is 5.69 Å². The van der Waals surface area contributed by atoms with Gasteiger partial charge in [-0.2, -0.15) is 4.31 Å². The molecular formula is C20H26N4O6S. The molecule has 0 spiro atoms. The average Bonchev–Trinajstić information content (AvgIpc) is 2.73. The Labute approximate surface area is 180 Å². The number of sulfonamides is 1. The van der Waals surface area contributed by atoms with Crippen molar-refractivity contribution in [2.75, 3.05) is 39.0 Å². The van der Waals surface area contributed by atoms with Crippen LogP contribution in [0.5, 0.6) is 5.75 Å². The number of rotatable bonds is 8. The van der Waals surface area contributed by atoms with Gasteiger partial charge in [0.2, 0.25) is 15.8 Å². The fraction of sp³-hybridized carbons (Fsp3) is 0.450. The van der Waals surface area contributed by atoms with E-state index in [2.05, 4.69) is 9.97 Å². The second-order valence-corrected chi connectivity index (χ2v) is 9.11. The third-order valence-corrected chi connectivity index (χ3v) is 6.10. The van der Waals surface area contributed by atoms with E-state index in [9.17, 15) is 18.0 Å². The summed E-state index contributed by atoms with van der Waals surface area (Å²) in [5, 5.41) is 0. The van der Waals surface area contributed by atoms with Crippen molar-refractivity contribution in [2.45, 2.75) is 20.1 Å². The largest absolute Gasteiger partial charge is 0.481 e. The summed E-state index contributed by atoms with van der Waals surface area (Å²) in [6.45, 7) is 3.84. The van der Waals surface area contributed by atoms with E-state index in [1.165, 1.54) is 10.6 Å². The predicted octanol–water partition coefficient (Wildman–Crippen LogP) is 0.603. The summed E-state index contributed by atoms with van der Waals surface area (Å²) in [6, 6.07) is 9.25. The lowest BCUT2D eigenvalue weighted by molar-refractivity contribution is 0.0512. The zero-order valence-electron chi connectivity index (χ0n) is 17.5. The molecule has 1 aromatic carbocycles. The standard InChI is InChI=1S/C20H26N4O6S/c1-3-29-20(26)17-18(30-14-15-7-5-4-6-8-15)19(25)22-16(21-17)13-23-9-11-24(12-10-23)31(2,27)28/h4-8H,3,9-14H2,1-2H3,(H,21,22,25). The molecule has 1 aromatic heterocycles. The van der Waals surface area contributed by atoms with Gasteiger partial charge < -0.3 is 14.5 Å². The molecule has 2 aromatic rings. The van der Waals surface area contributed by atoms with Gasteiger partial charge in [-0.15, -0.1) is 0 Å². The molecule has 0 aliphatic carbocycles. The van der Waals surface area contributed by atoms with Crippen LogP contribution < -0.4 is 10.3 Å². The van der Waals surface area contributed by atoms with Crippen LogP contribution in [0.2, 0.25) is 0 Å². The number of benzene rings is 1. The van der Waals surface area contributed by atoms with Crippen LogP contribution in [0.3, 0.4) is 0 Å². The van der Waals surface area contributed by atoms with Crippen molar-refractivity contribution in [1.29, 1.82) is 0 Å². The van der Waals surface area contributed by atoms with Gasteiger partial charge >= 0.3 is 5.97 Å². The summed E-state index contributed by atoms with van der Waals surface area (Å²) in [6.07, 6.45) is 1.18. The summed E-state index contributed by atoms with van der Waals surface area (Å²) < 4.78 is 35.4. The van der Waals surface area contributed by atoms with Crippen LogP contribution in [0.4, 0.5) is 0 Å². The van der Waals surface area contributed by atoms with Gasteiger partial charge in [-0.1, -0.05) is 30.3 Å². The molecule has 1 N–H and O–H groups in total. The molecule has 0 saturated carbocycles. The quantitative estimate of drug-likeness (QED) is 0.581. The molecule has 31 heavy (non-hydrogen) atoms. The maximum atomic E-state index is 12.7. The number of carbonyl (C=O) groups excluding carboxylic acids is 1. The number of piperazine rings is 1. The van der Waals surface area contributed by atoms with Gasteiger partial charge in [-0.3, -0.25) is 9.69 Å². The molecular weight excluding hydrogens is 424 g/mol. The SMILES string of the molecule is CCOC(=O)c1nc(CN2CCN(S(C)(=O)=O)CC2)[nH]c(=O)c1OCc1ccccc1. The number of aromatic amines is 1. The van der Waals surface area contributed by atoms with Crippen LogP contribution in [0.15, 0.2) is 35.1 Å². The molecule has 1 fully saturated rings. The minimum Gasteiger partial charge on any atom is -0.481 e. The Balaban J connectivity index is 1.78. The number of carbonyl (C=O) groups is 1. The molecule has 0 atom stereocenters. The molecule has 1 saturated heterocycles. The smallest absolute Gasteiger partial charge is 0.361 e. The van der Waals surface area contributed by atoms with Crippen molar-refractivity contribution in [3.8, 4) is 5.75 Å². The van der Waals surface area contributed by atoms with Gasteiger partial charge in [0.1, 0.15) is 12.4 Å². The molecule has 10 nitrogen and oxygen atoms in total. The fourth-order valence-electron chi connectivity index (χ4n) is 3.22. The third kappa shape index (κ3) is 6.12. The minimum absolute atomic E-state index is 0.102. The van der Waals surface area contributed by atoms with Gasteiger partial charge in [-0.25, -0.2) is 18.2 Å². The summed E-state index contributed by atoms with van der Waals surface area (Å²) in [7, 11) is -3.23. The minimum atomic E-state index is -3.23. The molecule has 1 aliphatic heterocycles. The molecule has 3 rings (SSSR count). The molecule has 0 amide bonds. The molecule has 168 valence electrons. The molecule has 2 heterocycles. The molecule has 1 aliphatic rings. The Hall–Kier alpha value is -2.76. The van der Waals surface area contributed by atoms with E-state index in [0.29, 0.717) is 26.2 Å². The Morgan fingerprint density at radius 3 is 2.45 bits per heavy atom. The van der Waals surface area contributed by atoms with E-state index in [0.717, 1.165) is 5.56 Å². The summed E-state index contributed by atoms with van der Waals surface area (Å²) in [4.78, 5) is 34.0. The first kappa shape index (κ1) is 22.9. The van der Waals surface area contributed by atoms with Crippen LogP contribution in [0, 0.1) is 0 Å². The van der Waals surface area contributed by atoms with Gasteiger partial charge in [0.05, 0.1) is 19.4 Å². The number of aromatic nitrogens is 2. The highest BCUT2D eigenvalue weighted by Crippen LogP contribution is 2.16. The van der Waals surface area contributed by atoms with E-state index >= 15 is 0 Å². The van der Waals surface area contributed by atoms with Gasteiger partial charge in [0, 0.05) is 26.2 Å². The highest BCUT2D eigenvalue weighted by molar-refractivity contribution is 7.88. The molecule has 11 heteroatoms. The number of H-pyrrole nitrogens is 1. The number of nitrogens with zero attached hydrogens (tertiary/aromatic N) is 3. The van der Waals surface area contributed by atoms with Crippen molar-refractivity contribution < 1.29 is 22.7 Å². The zero-order valence-corrected chi connectivity index (χ0v) is 18.4. The highest BCUT2D eigenvalue weighted by Gasteiger charge is 2.26. The highest BCUT2D eigenvalue weighted by atomic mass is 32.2. The van der Waals surface area contributed by atoms with E-state index in [4.69, 9.17) is 9.47 Å². The molecule has 0 bridgehead atoms. The van der Waals surface area contributed by atoms with Gasteiger partial charge in [-0.05, 0) is 12.5 Å². The molecule has 0 radical (unpaired) electrons. The zero-order chi connectivity index (χ0) is 22.4. The lowest BCUT2D eigenvalue weighted by Gasteiger charge is -2.32. The van der Waals surface area contributed by atoms with Crippen LogP contribution >= 0.6 is 0 Å². The van der Waals surface area contributed by atoms with Crippen molar-refractivity contribution in [3.05, 3.63) is 57.8 Å². The van der Waals surface area contributed by atoms with Crippen LogP contribution in [-0.2, 0) is 27.9 Å². The Kier molecular flexibility index (Phi) is 7.42. The normalized spacial score (nSPS) is 15.5. The van der Waals surface area contributed by atoms with Crippen molar-refractivity contribution in [2.24, 2.45) is 0 Å². The molecule has 0 unspecified atom stereocenters. The first-order chi connectivity index (χ1) is 14.8. The predicted molar refractivity (Wildman–Crippen MR) is 113 cm³/mol. The second-order valence-electron chi connectivity index (χ2n) is 7.12. The topological polar surface area (TPSA) is 122 Å². The Bertz CT molecular complexity index is 1060. The van der Waals surface area contributed by atoms with Crippen LogP contribution in [0.1, 0.15) is 28.8 Å². The lowest BCUT2D eigenvalue weighted by Crippen LogP contribution is -2.48. The van der Waals surface area contributed by atoms with E-state index in [1.807, 2.05) is 35.2 Å². The van der Waals surface area contributed by atoms with Crippen LogP contribution in [-0.4, -0.2) is 72.6 Å². The first-order valence-corrected chi connectivity index (χ1v) is 11.8. The number of ether oxygens (including phenoxy) is 2. The average molecular weight is 451 g/mol. The van der Waals surface area contributed by atoms with E-state index in [1.54, 1.807) is 6.92 Å².